The van der Waals surface area contributed by atoms with E-state index in [1.807, 2.05) is 0 Å². The standard InChI is InChI=1S/C17H20BrN/c1-12-9-16(10-13(2)17(12)18)19-11-14(3)15-7-5-4-6-8-15/h4-10,14,19H,11H2,1-3H3. The first-order valence-electron chi connectivity index (χ1n) is 6.63. The number of nitrogens with one attached hydrogen (secondary N) is 1. The molecule has 0 radical (unpaired) electrons. The predicted octanol–water partition coefficient (Wildman–Crippen LogP) is 5.28. The van der Waals surface area contributed by atoms with Crippen LogP contribution in [-0.4, -0.2) is 6.54 Å². The lowest BCUT2D eigenvalue weighted by molar-refractivity contribution is 0.805. The van der Waals surface area contributed by atoms with Gasteiger partial charge in [0.25, 0.3) is 0 Å². The Morgan fingerprint density at radius 3 is 2.21 bits per heavy atom. The van der Waals surface area contributed by atoms with Crippen molar-refractivity contribution in [2.75, 3.05) is 11.9 Å². The highest BCUT2D eigenvalue weighted by atomic mass is 79.9. The van der Waals surface area contributed by atoms with E-state index >= 15 is 0 Å². The second kappa shape index (κ2) is 6.25. The summed E-state index contributed by atoms with van der Waals surface area (Å²) in [5.74, 6) is 0.505. The quantitative estimate of drug-likeness (QED) is 0.808. The summed E-state index contributed by atoms with van der Waals surface area (Å²) < 4.78 is 1.20. The first-order valence-corrected chi connectivity index (χ1v) is 7.43. The summed E-state index contributed by atoms with van der Waals surface area (Å²) in [6.07, 6.45) is 0. The third-order valence-electron chi connectivity index (χ3n) is 3.42. The molecule has 0 spiro atoms. The van der Waals surface area contributed by atoms with Crippen molar-refractivity contribution < 1.29 is 0 Å². The maximum Gasteiger partial charge on any atom is 0.0346 e. The first-order chi connectivity index (χ1) is 9.08. The Bertz CT molecular complexity index is 525. The van der Waals surface area contributed by atoms with E-state index in [4.69, 9.17) is 0 Å². The van der Waals surface area contributed by atoms with Gasteiger partial charge < -0.3 is 5.32 Å². The number of halogens is 1. The summed E-state index contributed by atoms with van der Waals surface area (Å²) in [5.41, 5.74) is 5.12. The van der Waals surface area contributed by atoms with E-state index in [1.165, 1.54) is 26.9 Å². The van der Waals surface area contributed by atoms with Crippen LogP contribution in [0.4, 0.5) is 5.69 Å². The fraction of sp³-hybridized carbons (Fsp3) is 0.294. The molecule has 0 aromatic heterocycles. The Morgan fingerprint density at radius 1 is 1.05 bits per heavy atom. The van der Waals surface area contributed by atoms with E-state index in [0.717, 1.165) is 6.54 Å². The monoisotopic (exact) mass is 317 g/mol. The summed E-state index contributed by atoms with van der Waals surface area (Å²) in [6, 6.07) is 15.0. The summed E-state index contributed by atoms with van der Waals surface area (Å²) in [6.45, 7) is 7.46. The highest BCUT2D eigenvalue weighted by Gasteiger charge is 2.06. The van der Waals surface area contributed by atoms with Crippen molar-refractivity contribution >= 4 is 21.6 Å². The van der Waals surface area contributed by atoms with E-state index in [1.54, 1.807) is 0 Å². The van der Waals surface area contributed by atoms with Gasteiger partial charge in [0.1, 0.15) is 0 Å². The minimum atomic E-state index is 0.505. The Labute approximate surface area is 124 Å². The number of hydrogen-bond acceptors (Lipinski definition) is 1. The molecule has 2 rings (SSSR count). The van der Waals surface area contributed by atoms with Gasteiger partial charge in [-0.1, -0.05) is 53.2 Å². The normalized spacial score (nSPS) is 12.2. The van der Waals surface area contributed by atoms with Crippen LogP contribution in [0, 0.1) is 13.8 Å². The van der Waals surface area contributed by atoms with Crippen molar-refractivity contribution in [1.29, 1.82) is 0 Å². The van der Waals surface area contributed by atoms with Crippen LogP contribution in [-0.2, 0) is 0 Å². The van der Waals surface area contributed by atoms with Crippen LogP contribution in [0.5, 0.6) is 0 Å². The smallest absolute Gasteiger partial charge is 0.0346 e. The molecule has 0 fully saturated rings. The fourth-order valence-corrected chi connectivity index (χ4v) is 2.45. The van der Waals surface area contributed by atoms with Crippen LogP contribution >= 0.6 is 15.9 Å². The number of aryl methyl sites for hydroxylation is 2. The molecule has 0 aliphatic rings. The molecule has 0 aliphatic heterocycles. The number of benzene rings is 2. The lowest BCUT2D eigenvalue weighted by Crippen LogP contribution is -2.10. The van der Waals surface area contributed by atoms with E-state index in [0.29, 0.717) is 5.92 Å². The molecule has 0 heterocycles. The molecule has 1 nitrogen and oxygen atoms in total. The lowest BCUT2D eigenvalue weighted by Gasteiger charge is -2.15. The SMILES string of the molecule is Cc1cc(NCC(C)c2ccccc2)cc(C)c1Br. The molecule has 19 heavy (non-hydrogen) atoms. The minimum absolute atomic E-state index is 0.505. The van der Waals surface area contributed by atoms with Crippen molar-refractivity contribution in [3.8, 4) is 0 Å². The van der Waals surface area contributed by atoms with Crippen molar-refractivity contribution in [2.45, 2.75) is 26.7 Å². The van der Waals surface area contributed by atoms with Crippen molar-refractivity contribution in [3.05, 3.63) is 63.6 Å². The zero-order valence-electron chi connectivity index (χ0n) is 11.7. The summed E-state index contributed by atoms with van der Waals surface area (Å²) in [5, 5.41) is 3.53. The molecule has 1 N–H and O–H groups in total. The first kappa shape index (κ1) is 14.1. The molecule has 0 bridgehead atoms. The van der Waals surface area contributed by atoms with E-state index in [9.17, 15) is 0 Å². The topological polar surface area (TPSA) is 12.0 Å². The van der Waals surface area contributed by atoms with Gasteiger partial charge in [0.2, 0.25) is 0 Å². The molecular formula is C17H20BrN. The van der Waals surface area contributed by atoms with Gasteiger partial charge in [0, 0.05) is 16.7 Å². The zero-order valence-corrected chi connectivity index (χ0v) is 13.3. The molecule has 1 atom stereocenters. The summed E-state index contributed by atoms with van der Waals surface area (Å²) >= 11 is 3.60. The Morgan fingerprint density at radius 2 is 1.63 bits per heavy atom. The van der Waals surface area contributed by atoms with Crippen molar-refractivity contribution in [3.63, 3.8) is 0 Å². The van der Waals surface area contributed by atoms with Crippen molar-refractivity contribution in [1.82, 2.24) is 0 Å². The maximum atomic E-state index is 3.60. The van der Waals surface area contributed by atoms with E-state index in [2.05, 4.69) is 84.5 Å². The molecule has 1 unspecified atom stereocenters. The Hall–Kier alpha value is -1.28. The molecular weight excluding hydrogens is 298 g/mol. The van der Waals surface area contributed by atoms with Gasteiger partial charge in [-0.3, -0.25) is 0 Å². The average Bonchev–Trinajstić information content (AvgIpc) is 2.43. The van der Waals surface area contributed by atoms with Crippen LogP contribution < -0.4 is 5.32 Å². The molecule has 0 aliphatic carbocycles. The van der Waals surface area contributed by atoms with Gasteiger partial charge >= 0.3 is 0 Å². The van der Waals surface area contributed by atoms with Gasteiger partial charge in [-0.2, -0.15) is 0 Å². The Kier molecular flexibility index (Phi) is 4.65. The van der Waals surface area contributed by atoms with Gasteiger partial charge in [-0.15, -0.1) is 0 Å². The van der Waals surface area contributed by atoms with E-state index < -0.39 is 0 Å². The summed E-state index contributed by atoms with van der Waals surface area (Å²) in [4.78, 5) is 0. The highest BCUT2D eigenvalue weighted by molar-refractivity contribution is 9.10. The van der Waals surface area contributed by atoms with Gasteiger partial charge in [-0.05, 0) is 48.6 Å². The molecule has 0 amide bonds. The minimum Gasteiger partial charge on any atom is -0.384 e. The Balaban J connectivity index is 2.03. The highest BCUT2D eigenvalue weighted by Crippen LogP contribution is 2.25. The number of hydrogen-bond donors (Lipinski definition) is 1. The third-order valence-corrected chi connectivity index (χ3v) is 4.67. The fourth-order valence-electron chi connectivity index (χ4n) is 2.22. The van der Waals surface area contributed by atoms with Crippen LogP contribution in [0.25, 0.3) is 0 Å². The maximum absolute atomic E-state index is 3.60. The molecule has 100 valence electrons. The number of rotatable bonds is 4. The number of anilines is 1. The largest absolute Gasteiger partial charge is 0.384 e. The van der Waals surface area contributed by atoms with Crippen LogP contribution in [0.3, 0.4) is 0 Å². The van der Waals surface area contributed by atoms with Crippen LogP contribution in [0.15, 0.2) is 46.9 Å². The second-order valence-electron chi connectivity index (χ2n) is 5.12. The molecule has 0 saturated heterocycles. The molecule has 2 aromatic carbocycles. The van der Waals surface area contributed by atoms with Gasteiger partial charge in [-0.25, -0.2) is 0 Å². The van der Waals surface area contributed by atoms with Crippen molar-refractivity contribution in [2.24, 2.45) is 0 Å². The predicted molar refractivity (Wildman–Crippen MR) is 87.0 cm³/mol. The van der Waals surface area contributed by atoms with Gasteiger partial charge in [0.05, 0.1) is 0 Å². The summed E-state index contributed by atoms with van der Waals surface area (Å²) in [7, 11) is 0. The zero-order chi connectivity index (χ0) is 13.8. The molecule has 2 heteroatoms. The van der Waals surface area contributed by atoms with E-state index in [-0.39, 0.29) is 0 Å². The van der Waals surface area contributed by atoms with Crippen LogP contribution in [0.1, 0.15) is 29.5 Å². The molecule has 0 saturated carbocycles. The van der Waals surface area contributed by atoms with Crippen LogP contribution in [0.2, 0.25) is 0 Å². The molecule has 2 aromatic rings. The third kappa shape index (κ3) is 3.60. The average molecular weight is 318 g/mol. The lowest BCUT2D eigenvalue weighted by atomic mass is 10.0. The van der Waals surface area contributed by atoms with Gasteiger partial charge in [0.15, 0.2) is 0 Å². The second-order valence-corrected chi connectivity index (χ2v) is 5.91.